The smallest absolute Gasteiger partial charge is 0.270 e. The lowest BCUT2D eigenvalue weighted by atomic mass is 9.97. The molecule has 3 N–H and O–H groups in total. The monoisotopic (exact) mass is 641 g/mol. The van der Waals surface area contributed by atoms with Crippen LogP contribution in [0.4, 0.5) is 10.1 Å². The number of amides is 4. The van der Waals surface area contributed by atoms with Crippen molar-refractivity contribution in [3.8, 4) is 0 Å². The summed E-state index contributed by atoms with van der Waals surface area (Å²) in [4.78, 5) is 56.8. The maximum absolute atomic E-state index is 15.6. The Morgan fingerprint density at radius 2 is 1.66 bits per heavy atom. The number of halogens is 1. The highest BCUT2D eigenvalue weighted by atomic mass is 19.1. The molecule has 1 aliphatic heterocycles. The van der Waals surface area contributed by atoms with Crippen LogP contribution in [0.3, 0.4) is 0 Å². The standard InChI is InChI=1S/C35H40FN7O4/c1-4-31(44)38-29(35(47)42-19-17-41(3)18-20-42)22-23-13-14-28(27(36)21-23)39-34(46)32(40-33(45)30-15-16-37-43(30)5-2)26-12-8-10-24-9-6-7-11-25(24)26/h6-16,21,29,32H,4-5,17-20,22H2,1-3H3,(H,38,44)(H,39,46)(H,40,45)/t29-,32+/m1/s1. The van der Waals surface area contributed by atoms with Crippen molar-refractivity contribution in [3.05, 3.63) is 95.6 Å². The van der Waals surface area contributed by atoms with Gasteiger partial charge in [0.25, 0.3) is 11.8 Å². The Balaban J connectivity index is 1.38. The van der Waals surface area contributed by atoms with Crippen LogP contribution in [-0.4, -0.2) is 82.5 Å². The summed E-state index contributed by atoms with van der Waals surface area (Å²) >= 11 is 0. The molecule has 0 spiro atoms. The van der Waals surface area contributed by atoms with Crippen LogP contribution in [0.5, 0.6) is 0 Å². The minimum atomic E-state index is -1.16. The number of piperazine rings is 1. The van der Waals surface area contributed by atoms with Gasteiger partial charge in [-0.15, -0.1) is 0 Å². The van der Waals surface area contributed by atoms with Crippen LogP contribution in [-0.2, 0) is 27.3 Å². The zero-order chi connectivity index (χ0) is 33.5. The third-order valence-corrected chi connectivity index (χ3v) is 8.42. The number of aromatic nitrogens is 2. The van der Waals surface area contributed by atoms with E-state index in [1.54, 1.807) is 36.1 Å². The third kappa shape index (κ3) is 7.83. The highest BCUT2D eigenvalue weighted by Crippen LogP contribution is 2.27. The number of carbonyl (C=O) groups excluding carboxylic acids is 4. The number of rotatable bonds is 11. The summed E-state index contributed by atoms with van der Waals surface area (Å²) in [5.74, 6) is -2.34. The molecule has 2 atom stereocenters. The third-order valence-electron chi connectivity index (χ3n) is 8.42. The summed E-state index contributed by atoms with van der Waals surface area (Å²) in [6.07, 6.45) is 1.81. The Hall–Kier alpha value is -5.10. The summed E-state index contributed by atoms with van der Waals surface area (Å²) in [6.45, 7) is 6.56. The topological polar surface area (TPSA) is 129 Å². The van der Waals surface area contributed by atoms with Crippen LogP contribution in [0.1, 0.15) is 47.9 Å². The second-order valence-electron chi connectivity index (χ2n) is 11.6. The van der Waals surface area contributed by atoms with Gasteiger partial charge in [0.1, 0.15) is 23.6 Å². The quantitative estimate of drug-likeness (QED) is 0.230. The molecule has 2 heterocycles. The van der Waals surface area contributed by atoms with Gasteiger partial charge in [-0.3, -0.25) is 23.9 Å². The van der Waals surface area contributed by atoms with Gasteiger partial charge in [-0.1, -0.05) is 55.5 Å². The fraction of sp³-hybridized carbons (Fsp3) is 0.343. The number of benzene rings is 3. The van der Waals surface area contributed by atoms with Crippen molar-refractivity contribution in [1.29, 1.82) is 0 Å². The highest BCUT2D eigenvalue weighted by molar-refractivity contribution is 6.03. The van der Waals surface area contributed by atoms with Gasteiger partial charge in [0, 0.05) is 51.8 Å². The average Bonchev–Trinajstić information content (AvgIpc) is 3.57. The Bertz CT molecular complexity index is 1760. The number of likely N-dealkylation sites (N-methyl/N-ethyl adjacent to an activating group) is 1. The highest BCUT2D eigenvalue weighted by Gasteiger charge is 2.29. The molecule has 1 aromatic heterocycles. The van der Waals surface area contributed by atoms with E-state index in [9.17, 15) is 19.2 Å². The van der Waals surface area contributed by atoms with Crippen molar-refractivity contribution >= 4 is 40.1 Å². The summed E-state index contributed by atoms with van der Waals surface area (Å²) in [5, 5.41) is 14.1. The first-order valence-electron chi connectivity index (χ1n) is 15.8. The number of anilines is 1. The second kappa shape index (κ2) is 15.0. The van der Waals surface area contributed by atoms with Gasteiger partial charge < -0.3 is 25.8 Å². The number of nitrogens with zero attached hydrogens (tertiary/aromatic N) is 4. The van der Waals surface area contributed by atoms with Crippen LogP contribution in [0, 0.1) is 5.82 Å². The van der Waals surface area contributed by atoms with Gasteiger partial charge in [-0.25, -0.2) is 4.39 Å². The van der Waals surface area contributed by atoms with Crippen LogP contribution in [0.25, 0.3) is 10.8 Å². The molecule has 246 valence electrons. The van der Waals surface area contributed by atoms with Gasteiger partial charge >= 0.3 is 0 Å². The summed E-state index contributed by atoms with van der Waals surface area (Å²) in [7, 11) is 1.99. The normalized spacial score (nSPS) is 14.8. The fourth-order valence-electron chi connectivity index (χ4n) is 5.74. The molecule has 4 aromatic rings. The van der Waals surface area contributed by atoms with Gasteiger partial charge in [0.05, 0.1) is 5.69 Å². The lowest BCUT2D eigenvalue weighted by Gasteiger charge is -2.34. The van der Waals surface area contributed by atoms with Crippen molar-refractivity contribution in [1.82, 2.24) is 30.2 Å². The Labute approximate surface area is 273 Å². The van der Waals surface area contributed by atoms with Gasteiger partial charge in [0.15, 0.2) is 0 Å². The molecule has 3 aromatic carbocycles. The Morgan fingerprint density at radius 1 is 0.915 bits per heavy atom. The number of hydrogen-bond donors (Lipinski definition) is 3. The second-order valence-corrected chi connectivity index (χ2v) is 11.6. The maximum atomic E-state index is 15.6. The molecule has 0 unspecified atom stereocenters. The van der Waals surface area contributed by atoms with Gasteiger partial charge in [0.2, 0.25) is 11.8 Å². The molecule has 0 bridgehead atoms. The number of hydrogen-bond acceptors (Lipinski definition) is 6. The molecule has 1 saturated heterocycles. The molecular weight excluding hydrogens is 601 g/mol. The Kier molecular flexibility index (Phi) is 10.6. The first-order valence-corrected chi connectivity index (χ1v) is 15.8. The van der Waals surface area contributed by atoms with Crippen LogP contribution in [0.2, 0.25) is 0 Å². The minimum absolute atomic E-state index is 0.0852. The van der Waals surface area contributed by atoms with E-state index in [2.05, 4.69) is 25.9 Å². The molecule has 47 heavy (non-hydrogen) atoms. The zero-order valence-corrected chi connectivity index (χ0v) is 26.8. The van der Waals surface area contributed by atoms with Gasteiger partial charge in [-0.2, -0.15) is 5.10 Å². The Morgan fingerprint density at radius 3 is 2.38 bits per heavy atom. The first kappa shape index (κ1) is 33.3. The summed E-state index contributed by atoms with van der Waals surface area (Å²) in [6, 6.07) is 16.8. The molecule has 11 nitrogen and oxygen atoms in total. The molecular formula is C35H40FN7O4. The summed E-state index contributed by atoms with van der Waals surface area (Å²) in [5.41, 5.74) is 1.23. The largest absolute Gasteiger partial charge is 0.344 e. The number of carbonyl (C=O) groups is 4. The fourth-order valence-corrected chi connectivity index (χ4v) is 5.74. The van der Waals surface area contributed by atoms with Crippen molar-refractivity contribution < 1.29 is 23.6 Å². The molecule has 12 heteroatoms. The average molecular weight is 642 g/mol. The molecule has 0 radical (unpaired) electrons. The van der Waals surface area contributed by atoms with Crippen molar-refractivity contribution in [2.24, 2.45) is 0 Å². The van der Waals surface area contributed by atoms with Gasteiger partial charge in [-0.05, 0) is 54.1 Å². The van der Waals surface area contributed by atoms with Crippen molar-refractivity contribution in [2.45, 2.75) is 45.3 Å². The molecule has 4 amide bonds. The number of fused-ring (bicyclic) bond motifs is 1. The molecule has 0 saturated carbocycles. The number of nitrogens with one attached hydrogen (secondary N) is 3. The predicted molar refractivity (Wildman–Crippen MR) is 177 cm³/mol. The van der Waals surface area contributed by atoms with E-state index in [1.807, 2.05) is 44.3 Å². The lowest BCUT2D eigenvalue weighted by molar-refractivity contribution is -0.137. The SMILES string of the molecule is CCC(=O)N[C@H](Cc1ccc(NC(=O)[C@@H](NC(=O)c2ccnn2CC)c2cccc3ccccc23)c(F)c1)C(=O)N1CCN(C)CC1. The van der Waals surface area contributed by atoms with E-state index < -0.39 is 29.7 Å². The zero-order valence-electron chi connectivity index (χ0n) is 26.8. The predicted octanol–water partition coefficient (Wildman–Crippen LogP) is 3.52. The van der Waals surface area contributed by atoms with Crippen LogP contribution in [0.15, 0.2) is 72.9 Å². The van der Waals surface area contributed by atoms with Crippen molar-refractivity contribution in [2.75, 3.05) is 38.5 Å². The molecule has 0 aliphatic carbocycles. The van der Waals surface area contributed by atoms with E-state index in [0.29, 0.717) is 30.8 Å². The minimum Gasteiger partial charge on any atom is -0.344 e. The van der Waals surface area contributed by atoms with Crippen LogP contribution < -0.4 is 16.0 Å². The first-order chi connectivity index (χ1) is 22.7. The molecule has 1 aliphatic rings. The van der Waals surface area contributed by atoms with Crippen LogP contribution >= 0.6 is 0 Å². The van der Waals surface area contributed by atoms with E-state index >= 15 is 4.39 Å². The van der Waals surface area contributed by atoms with E-state index in [1.165, 1.54) is 23.0 Å². The maximum Gasteiger partial charge on any atom is 0.270 e. The molecule has 5 rings (SSSR count). The van der Waals surface area contributed by atoms with E-state index in [-0.39, 0.29) is 36.0 Å². The lowest BCUT2D eigenvalue weighted by Crippen LogP contribution is -2.54. The summed E-state index contributed by atoms with van der Waals surface area (Å²) < 4.78 is 17.1. The van der Waals surface area contributed by atoms with Crippen molar-refractivity contribution in [3.63, 3.8) is 0 Å². The van der Waals surface area contributed by atoms with E-state index in [4.69, 9.17) is 0 Å². The van der Waals surface area contributed by atoms with E-state index in [0.717, 1.165) is 23.9 Å². The number of aryl methyl sites for hydroxylation is 1. The molecule has 1 fully saturated rings.